The minimum atomic E-state index is -0.400. The van der Waals surface area contributed by atoms with E-state index in [1.807, 2.05) is 18.5 Å². The molecule has 1 amide bonds. The zero-order valence-electron chi connectivity index (χ0n) is 18.9. The zero-order chi connectivity index (χ0) is 22.1. The molecule has 5 heterocycles. The second-order valence-corrected chi connectivity index (χ2v) is 10.3. The normalized spacial score (nSPS) is 24.2. The number of thiophene rings is 1. The first-order valence-corrected chi connectivity index (χ1v) is 12.5. The summed E-state index contributed by atoms with van der Waals surface area (Å²) in [5.74, 6) is 0.442. The summed E-state index contributed by atoms with van der Waals surface area (Å²) >= 11 is 1.74. The van der Waals surface area contributed by atoms with Crippen molar-refractivity contribution in [1.82, 2.24) is 24.6 Å². The van der Waals surface area contributed by atoms with Crippen molar-refractivity contribution in [2.24, 2.45) is 5.41 Å². The van der Waals surface area contributed by atoms with E-state index in [0.717, 1.165) is 44.6 Å². The molecule has 0 N–H and O–H groups in total. The van der Waals surface area contributed by atoms with Crippen molar-refractivity contribution < 1.29 is 4.79 Å². The van der Waals surface area contributed by atoms with Crippen LogP contribution in [-0.2, 0) is 17.9 Å². The summed E-state index contributed by atoms with van der Waals surface area (Å²) in [6.45, 7) is 8.37. The Morgan fingerprint density at radius 1 is 1.19 bits per heavy atom. The van der Waals surface area contributed by atoms with E-state index in [0.29, 0.717) is 12.5 Å². The molecule has 6 nitrogen and oxygen atoms in total. The number of hydrogen-bond acceptors (Lipinski definition) is 5. The highest BCUT2D eigenvalue weighted by Crippen LogP contribution is 2.50. The van der Waals surface area contributed by atoms with Crippen LogP contribution in [0.1, 0.15) is 55.5 Å². The van der Waals surface area contributed by atoms with Crippen molar-refractivity contribution in [3.8, 4) is 0 Å². The van der Waals surface area contributed by atoms with Gasteiger partial charge in [-0.3, -0.25) is 19.4 Å². The number of piperidine rings is 1. The Balaban J connectivity index is 1.48. The Morgan fingerprint density at radius 3 is 2.84 bits per heavy atom. The van der Waals surface area contributed by atoms with E-state index in [4.69, 9.17) is 0 Å². The highest BCUT2D eigenvalue weighted by molar-refractivity contribution is 7.07. The summed E-state index contributed by atoms with van der Waals surface area (Å²) in [5, 5.41) is 8.97. The molecule has 0 radical (unpaired) electrons. The van der Waals surface area contributed by atoms with Gasteiger partial charge in [0.2, 0.25) is 5.91 Å². The minimum absolute atomic E-state index is 0.148. The highest BCUT2D eigenvalue weighted by atomic mass is 32.1. The quantitative estimate of drug-likeness (QED) is 0.562. The molecule has 1 spiro atoms. The summed E-state index contributed by atoms with van der Waals surface area (Å²) < 4.78 is 2.12. The molecule has 2 saturated heterocycles. The SMILES string of the molecule is CC(C)n1nccc1[C@@H]1CN(Cc2ccsc2)C[C@]12CCCN(Cc1cccnc1)C2=O. The van der Waals surface area contributed by atoms with Crippen molar-refractivity contribution in [2.45, 2.75) is 51.7 Å². The van der Waals surface area contributed by atoms with Gasteiger partial charge in [0.25, 0.3) is 0 Å². The van der Waals surface area contributed by atoms with Crippen LogP contribution in [0.4, 0.5) is 0 Å². The standard InChI is InChI=1S/C25H31N5OS/c1-19(2)30-23(6-10-27-30)22-16-28(14-21-7-12-32-17-21)18-25(22)8-4-11-29(24(25)31)15-20-5-3-9-26-13-20/h3,5-7,9-10,12-13,17,19,22H,4,8,11,14-16,18H2,1-2H3/t22-,25+/m0/s1. The van der Waals surface area contributed by atoms with Crippen molar-refractivity contribution in [3.05, 3.63) is 70.4 Å². The number of carbonyl (C=O) groups is 1. The number of likely N-dealkylation sites (tertiary alicyclic amines) is 2. The van der Waals surface area contributed by atoms with Crippen molar-refractivity contribution in [2.75, 3.05) is 19.6 Å². The monoisotopic (exact) mass is 449 g/mol. The predicted octanol–water partition coefficient (Wildman–Crippen LogP) is 4.33. The van der Waals surface area contributed by atoms with Crippen molar-refractivity contribution in [1.29, 1.82) is 0 Å². The van der Waals surface area contributed by atoms with E-state index in [9.17, 15) is 4.79 Å². The van der Waals surface area contributed by atoms with Gasteiger partial charge in [-0.2, -0.15) is 16.4 Å². The number of rotatable bonds is 6. The average Bonchev–Trinajstić information content (AvgIpc) is 3.53. The summed E-state index contributed by atoms with van der Waals surface area (Å²) in [4.78, 5) is 22.9. The van der Waals surface area contributed by atoms with Gasteiger partial charge >= 0.3 is 0 Å². The Labute approximate surface area is 193 Å². The fourth-order valence-electron chi connectivity index (χ4n) is 5.62. The molecule has 2 atom stereocenters. The summed E-state index contributed by atoms with van der Waals surface area (Å²) in [7, 11) is 0. The lowest BCUT2D eigenvalue weighted by Gasteiger charge is -2.42. The molecule has 0 bridgehead atoms. The Bertz CT molecular complexity index is 1050. The van der Waals surface area contributed by atoms with E-state index >= 15 is 0 Å². The maximum absolute atomic E-state index is 14.1. The third-order valence-corrected chi connectivity index (χ3v) is 7.74. The first-order chi connectivity index (χ1) is 15.6. The molecule has 0 aromatic carbocycles. The second kappa shape index (κ2) is 8.79. The molecule has 2 aliphatic rings. The van der Waals surface area contributed by atoms with Gasteiger partial charge in [0, 0.05) is 69.0 Å². The molecule has 3 aromatic heterocycles. The first kappa shape index (κ1) is 21.3. The van der Waals surface area contributed by atoms with Gasteiger partial charge in [-0.1, -0.05) is 6.07 Å². The largest absolute Gasteiger partial charge is 0.338 e. The van der Waals surface area contributed by atoms with Crippen molar-refractivity contribution in [3.63, 3.8) is 0 Å². The number of aromatic nitrogens is 3. The first-order valence-electron chi connectivity index (χ1n) is 11.5. The van der Waals surface area contributed by atoms with E-state index in [1.165, 1.54) is 11.3 Å². The second-order valence-electron chi connectivity index (χ2n) is 9.50. The molecule has 0 unspecified atom stereocenters. The van der Waals surface area contributed by atoms with Gasteiger partial charge in [-0.15, -0.1) is 0 Å². The average molecular weight is 450 g/mol. The number of hydrogen-bond donors (Lipinski definition) is 0. The van der Waals surface area contributed by atoms with Crippen LogP contribution in [0.15, 0.2) is 53.6 Å². The van der Waals surface area contributed by atoms with Crippen LogP contribution in [0.3, 0.4) is 0 Å². The van der Waals surface area contributed by atoms with Crippen molar-refractivity contribution >= 4 is 17.2 Å². The number of amides is 1. The van der Waals surface area contributed by atoms with Gasteiger partial charge in [-0.25, -0.2) is 0 Å². The molecule has 168 valence electrons. The summed E-state index contributed by atoms with van der Waals surface area (Å²) in [6, 6.07) is 8.61. The molecule has 32 heavy (non-hydrogen) atoms. The molecule has 5 rings (SSSR count). The van der Waals surface area contributed by atoms with Crippen LogP contribution in [0, 0.1) is 5.41 Å². The van der Waals surface area contributed by atoms with Crippen LogP contribution >= 0.6 is 11.3 Å². The molecule has 3 aromatic rings. The van der Waals surface area contributed by atoms with E-state index in [2.05, 4.69) is 67.4 Å². The van der Waals surface area contributed by atoms with Gasteiger partial charge < -0.3 is 4.90 Å². The smallest absolute Gasteiger partial charge is 0.231 e. The zero-order valence-corrected chi connectivity index (χ0v) is 19.7. The lowest BCUT2D eigenvalue weighted by atomic mass is 9.70. The van der Waals surface area contributed by atoms with Crippen LogP contribution in [0.25, 0.3) is 0 Å². The molecule has 2 fully saturated rings. The van der Waals surface area contributed by atoms with Crippen LogP contribution < -0.4 is 0 Å². The Morgan fingerprint density at radius 2 is 2.09 bits per heavy atom. The maximum Gasteiger partial charge on any atom is 0.231 e. The molecular weight excluding hydrogens is 418 g/mol. The topological polar surface area (TPSA) is 54.3 Å². The minimum Gasteiger partial charge on any atom is -0.338 e. The number of nitrogens with zero attached hydrogens (tertiary/aromatic N) is 5. The molecule has 2 aliphatic heterocycles. The van der Waals surface area contributed by atoms with E-state index in [1.54, 1.807) is 17.5 Å². The van der Waals surface area contributed by atoms with E-state index in [-0.39, 0.29) is 12.0 Å². The highest BCUT2D eigenvalue weighted by Gasteiger charge is 2.56. The molecule has 7 heteroatoms. The summed E-state index contributed by atoms with van der Waals surface area (Å²) in [6.07, 6.45) is 7.52. The van der Waals surface area contributed by atoms with E-state index < -0.39 is 5.41 Å². The van der Waals surface area contributed by atoms with Gasteiger partial charge in [0.05, 0.1) is 5.41 Å². The molecule has 0 aliphatic carbocycles. The Hall–Kier alpha value is -2.51. The lowest BCUT2D eigenvalue weighted by molar-refractivity contribution is -0.147. The van der Waals surface area contributed by atoms with Gasteiger partial charge in [-0.05, 0) is 66.8 Å². The lowest BCUT2D eigenvalue weighted by Crippen LogP contribution is -2.52. The third kappa shape index (κ3) is 3.88. The molecular formula is C25H31N5OS. The van der Waals surface area contributed by atoms with Gasteiger partial charge in [0.1, 0.15) is 0 Å². The summed E-state index contributed by atoms with van der Waals surface area (Å²) in [5.41, 5.74) is 3.22. The fourth-order valence-corrected chi connectivity index (χ4v) is 6.28. The fraction of sp³-hybridized carbons (Fsp3) is 0.480. The maximum atomic E-state index is 14.1. The number of pyridine rings is 1. The predicted molar refractivity (Wildman–Crippen MR) is 126 cm³/mol. The van der Waals surface area contributed by atoms with Crippen LogP contribution in [0.2, 0.25) is 0 Å². The van der Waals surface area contributed by atoms with Crippen LogP contribution in [0.5, 0.6) is 0 Å². The Kier molecular flexibility index (Phi) is 5.86. The third-order valence-electron chi connectivity index (χ3n) is 7.01. The number of carbonyl (C=O) groups excluding carboxylic acids is 1. The molecule has 0 saturated carbocycles. The van der Waals surface area contributed by atoms with Gasteiger partial charge in [0.15, 0.2) is 0 Å². The van der Waals surface area contributed by atoms with Crippen LogP contribution in [-0.4, -0.2) is 50.1 Å².